The molecule has 2 aromatic rings. The van der Waals surface area contributed by atoms with Gasteiger partial charge in [0.25, 0.3) is 0 Å². The summed E-state index contributed by atoms with van der Waals surface area (Å²) >= 11 is 1.41. The first-order chi connectivity index (χ1) is 13.4. The van der Waals surface area contributed by atoms with Crippen molar-refractivity contribution in [3.63, 3.8) is 0 Å². The van der Waals surface area contributed by atoms with E-state index in [1.54, 1.807) is 20.8 Å². The number of ketones is 1. The normalized spacial score (nSPS) is 15.0. The Labute approximate surface area is 169 Å². The van der Waals surface area contributed by atoms with Crippen molar-refractivity contribution in [2.75, 3.05) is 12.4 Å². The Morgan fingerprint density at radius 1 is 1.18 bits per heavy atom. The van der Waals surface area contributed by atoms with Gasteiger partial charge in [0, 0.05) is 11.7 Å². The fourth-order valence-electron chi connectivity index (χ4n) is 3.95. The average Bonchev–Trinajstić information content (AvgIpc) is 3.19. The number of nitrogens with zero attached hydrogens (tertiary/aromatic N) is 3. The summed E-state index contributed by atoms with van der Waals surface area (Å²) in [6, 6.07) is 0.422. The number of carbonyl (C=O) groups excluding carboxylic acids is 2. The van der Waals surface area contributed by atoms with Gasteiger partial charge in [-0.3, -0.25) is 4.79 Å². The second-order valence-electron chi connectivity index (χ2n) is 7.25. The Morgan fingerprint density at radius 3 is 2.57 bits per heavy atom. The van der Waals surface area contributed by atoms with Gasteiger partial charge in [0.2, 0.25) is 0 Å². The third-order valence-corrected chi connectivity index (χ3v) is 6.25. The summed E-state index contributed by atoms with van der Waals surface area (Å²) in [5.74, 6) is 0.692. The molecule has 3 rings (SSSR count). The molecule has 1 N–H and O–H groups in total. The number of aromatic nitrogens is 4. The first kappa shape index (κ1) is 20.6. The van der Waals surface area contributed by atoms with E-state index < -0.39 is 5.97 Å². The first-order valence-corrected chi connectivity index (χ1v) is 10.9. The fourth-order valence-corrected chi connectivity index (χ4v) is 4.87. The van der Waals surface area contributed by atoms with Gasteiger partial charge in [-0.1, -0.05) is 31.0 Å². The summed E-state index contributed by atoms with van der Waals surface area (Å²) in [4.78, 5) is 28.0. The molecule has 0 amide bonds. The maximum atomic E-state index is 12.8. The molecule has 1 aliphatic rings. The van der Waals surface area contributed by atoms with Gasteiger partial charge in [0.15, 0.2) is 10.9 Å². The van der Waals surface area contributed by atoms with Gasteiger partial charge in [-0.15, -0.1) is 10.2 Å². The molecule has 0 saturated heterocycles. The van der Waals surface area contributed by atoms with Crippen LogP contribution >= 0.6 is 11.8 Å². The molecule has 28 heavy (non-hydrogen) atoms. The van der Waals surface area contributed by atoms with Crippen LogP contribution in [-0.2, 0) is 4.74 Å². The number of nitrogens with one attached hydrogen (secondary N) is 1. The van der Waals surface area contributed by atoms with Gasteiger partial charge in [0.05, 0.1) is 23.6 Å². The smallest absolute Gasteiger partial charge is 0.340 e. The third-order valence-electron chi connectivity index (χ3n) is 5.30. The second kappa shape index (κ2) is 8.94. The number of aromatic amines is 1. The van der Waals surface area contributed by atoms with Crippen molar-refractivity contribution < 1.29 is 14.3 Å². The zero-order valence-corrected chi connectivity index (χ0v) is 17.8. The number of hydrogen-bond acceptors (Lipinski definition) is 6. The topological polar surface area (TPSA) is 89.9 Å². The number of hydrogen-bond donors (Lipinski definition) is 1. The zero-order valence-electron chi connectivity index (χ0n) is 17.0. The number of carbonyl (C=O) groups is 2. The molecule has 2 heterocycles. The zero-order chi connectivity index (χ0) is 20.3. The van der Waals surface area contributed by atoms with E-state index in [9.17, 15) is 9.59 Å². The Morgan fingerprint density at radius 2 is 1.89 bits per heavy atom. The van der Waals surface area contributed by atoms with E-state index in [0.29, 0.717) is 35.2 Å². The molecule has 0 aliphatic heterocycles. The van der Waals surface area contributed by atoms with Crippen LogP contribution in [-0.4, -0.2) is 43.9 Å². The molecule has 1 fully saturated rings. The maximum absolute atomic E-state index is 12.8. The number of esters is 1. The maximum Gasteiger partial charge on any atom is 0.340 e. The highest BCUT2D eigenvalue weighted by Gasteiger charge is 2.25. The molecule has 1 aliphatic carbocycles. The lowest BCUT2D eigenvalue weighted by molar-refractivity contribution is 0.0525. The summed E-state index contributed by atoms with van der Waals surface area (Å²) in [5.41, 5.74) is 2.22. The van der Waals surface area contributed by atoms with Gasteiger partial charge in [-0.25, -0.2) is 4.79 Å². The van der Waals surface area contributed by atoms with E-state index in [-0.39, 0.29) is 11.5 Å². The standard InChI is InChI=1S/C20H28N4O3S/c1-5-27-19(26)17-12(2)18(21-13(17)3)16(25)11-28-20-23-22-14(4)24(20)15-9-7-6-8-10-15/h15,21H,5-11H2,1-4H3. The predicted octanol–water partition coefficient (Wildman–Crippen LogP) is 4.19. The highest BCUT2D eigenvalue weighted by Crippen LogP contribution is 2.32. The molecule has 0 radical (unpaired) electrons. The lowest BCUT2D eigenvalue weighted by atomic mass is 9.95. The van der Waals surface area contributed by atoms with E-state index in [4.69, 9.17) is 4.74 Å². The van der Waals surface area contributed by atoms with Gasteiger partial charge in [-0.2, -0.15) is 0 Å². The molecular weight excluding hydrogens is 376 g/mol. The van der Waals surface area contributed by atoms with Gasteiger partial charge in [-0.05, 0) is 46.1 Å². The van der Waals surface area contributed by atoms with Gasteiger partial charge in [0.1, 0.15) is 5.82 Å². The quantitative estimate of drug-likeness (QED) is 0.423. The van der Waals surface area contributed by atoms with Crippen LogP contribution < -0.4 is 0 Å². The minimum absolute atomic E-state index is 0.0583. The Bertz CT molecular complexity index is 865. The summed E-state index contributed by atoms with van der Waals surface area (Å²) in [5, 5.41) is 9.32. The van der Waals surface area contributed by atoms with Crippen molar-refractivity contribution in [1.82, 2.24) is 19.7 Å². The van der Waals surface area contributed by atoms with Crippen molar-refractivity contribution in [2.45, 2.75) is 71.0 Å². The summed E-state index contributed by atoms with van der Waals surface area (Å²) < 4.78 is 7.29. The van der Waals surface area contributed by atoms with Gasteiger partial charge < -0.3 is 14.3 Å². The largest absolute Gasteiger partial charge is 0.462 e. The van der Waals surface area contributed by atoms with Crippen LogP contribution in [0.15, 0.2) is 5.16 Å². The minimum Gasteiger partial charge on any atom is -0.462 e. The van der Waals surface area contributed by atoms with Crippen LogP contribution in [0.1, 0.15) is 83.0 Å². The molecule has 0 bridgehead atoms. The van der Waals surface area contributed by atoms with Crippen LogP contribution in [0.4, 0.5) is 0 Å². The molecule has 0 aromatic carbocycles. The summed E-state index contributed by atoms with van der Waals surface area (Å²) in [7, 11) is 0. The number of rotatable bonds is 7. The fraction of sp³-hybridized carbons (Fsp3) is 0.600. The third kappa shape index (κ3) is 4.16. The van der Waals surface area contributed by atoms with Crippen molar-refractivity contribution in [3.05, 3.63) is 28.3 Å². The van der Waals surface area contributed by atoms with Crippen molar-refractivity contribution in [2.24, 2.45) is 0 Å². The van der Waals surface area contributed by atoms with Crippen molar-refractivity contribution in [1.29, 1.82) is 0 Å². The summed E-state index contributed by atoms with van der Waals surface area (Å²) in [6.07, 6.45) is 6.01. The predicted molar refractivity (Wildman–Crippen MR) is 108 cm³/mol. The van der Waals surface area contributed by atoms with Crippen LogP contribution in [0.25, 0.3) is 0 Å². The van der Waals surface area contributed by atoms with Gasteiger partial charge >= 0.3 is 5.97 Å². The Hall–Kier alpha value is -2.09. The molecule has 152 valence electrons. The first-order valence-electron chi connectivity index (χ1n) is 9.87. The lowest BCUT2D eigenvalue weighted by Gasteiger charge is -2.24. The lowest BCUT2D eigenvalue weighted by Crippen LogP contribution is -2.16. The van der Waals surface area contributed by atoms with E-state index in [0.717, 1.165) is 23.8 Å². The number of ether oxygens (including phenoxy) is 1. The van der Waals surface area contributed by atoms with E-state index in [2.05, 4.69) is 19.7 Å². The molecule has 1 saturated carbocycles. The van der Waals surface area contributed by atoms with Crippen LogP contribution in [0.5, 0.6) is 0 Å². The van der Waals surface area contributed by atoms with E-state index >= 15 is 0 Å². The molecule has 0 atom stereocenters. The van der Waals surface area contributed by atoms with Crippen molar-refractivity contribution in [3.8, 4) is 0 Å². The Kier molecular flexibility index (Phi) is 6.59. The molecule has 7 nitrogen and oxygen atoms in total. The number of H-pyrrole nitrogens is 1. The molecular formula is C20H28N4O3S. The van der Waals surface area contributed by atoms with Crippen LogP contribution in [0.2, 0.25) is 0 Å². The molecule has 2 aromatic heterocycles. The van der Waals surface area contributed by atoms with E-state index in [1.807, 2.05) is 6.92 Å². The Balaban J connectivity index is 1.73. The highest BCUT2D eigenvalue weighted by atomic mass is 32.2. The highest BCUT2D eigenvalue weighted by molar-refractivity contribution is 7.99. The molecule has 8 heteroatoms. The minimum atomic E-state index is -0.395. The monoisotopic (exact) mass is 404 g/mol. The number of aryl methyl sites for hydroxylation is 2. The number of Topliss-reactive ketones (excluding diaryl/α,β-unsaturated/α-hetero) is 1. The second-order valence-corrected chi connectivity index (χ2v) is 8.19. The SMILES string of the molecule is CCOC(=O)c1c(C)[nH]c(C(=O)CSc2nnc(C)n2C2CCCCC2)c1C. The molecule has 0 spiro atoms. The summed E-state index contributed by atoms with van der Waals surface area (Å²) in [6.45, 7) is 7.60. The van der Waals surface area contributed by atoms with Crippen molar-refractivity contribution >= 4 is 23.5 Å². The number of thioether (sulfide) groups is 1. The van der Waals surface area contributed by atoms with Crippen LogP contribution in [0.3, 0.4) is 0 Å². The molecule has 0 unspecified atom stereocenters. The average molecular weight is 405 g/mol. The van der Waals surface area contributed by atoms with E-state index in [1.165, 1.54) is 31.0 Å². The van der Waals surface area contributed by atoms with Crippen LogP contribution in [0, 0.1) is 20.8 Å².